The lowest BCUT2D eigenvalue weighted by atomic mass is 10.2. The summed E-state index contributed by atoms with van der Waals surface area (Å²) < 4.78 is 0. The van der Waals surface area contributed by atoms with Gasteiger partial charge in [-0.3, -0.25) is 9.59 Å². The van der Waals surface area contributed by atoms with Crippen molar-refractivity contribution in [3.63, 3.8) is 0 Å². The summed E-state index contributed by atoms with van der Waals surface area (Å²) in [5.74, 6) is -0.247. The number of rotatable bonds is 7. The zero-order valence-electron chi connectivity index (χ0n) is 14.1. The highest BCUT2D eigenvalue weighted by Gasteiger charge is 2.06. The predicted octanol–water partition coefficient (Wildman–Crippen LogP) is 2.19. The van der Waals surface area contributed by atoms with Gasteiger partial charge in [-0.25, -0.2) is 0 Å². The van der Waals surface area contributed by atoms with E-state index in [1.807, 2.05) is 61.5 Å². The lowest BCUT2D eigenvalue weighted by molar-refractivity contribution is -0.121. The van der Waals surface area contributed by atoms with Crippen molar-refractivity contribution < 1.29 is 9.59 Å². The number of nitrogens with zero attached hydrogens (tertiary/aromatic N) is 1. The second-order valence-corrected chi connectivity index (χ2v) is 5.71. The summed E-state index contributed by atoms with van der Waals surface area (Å²) >= 11 is 0. The van der Waals surface area contributed by atoms with Crippen molar-refractivity contribution >= 4 is 17.5 Å². The third kappa shape index (κ3) is 5.43. The molecule has 0 bridgehead atoms. The molecular weight excluding hydrogens is 302 g/mol. The van der Waals surface area contributed by atoms with Gasteiger partial charge in [-0.05, 0) is 29.8 Å². The standard InChI is InChI=1S/C19H23N3O2/c1-22(2)17-10-8-15(9-11-17)14-21-18(23)12-13-20-19(24)16-6-4-3-5-7-16/h3-11H,12-14H2,1-2H3,(H,20,24)(H,21,23). The van der Waals surface area contributed by atoms with Gasteiger partial charge in [0.1, 0.15) is 0 Å². The highest BCUT2D eigenvalue weighted by molar-refractivity contribution is 5.94. The second kappa shape index (κ2) is 8.72. The first kappa shape index (κ1) is 17.5. The fourth-order valence-electron chi connectivity index (χ4n) is 2.18. The van der Waals surface area contributed by atoms with E-state index in [1.54, 1.807) is 12.1 Å². The first-order valence-corrected chi connectivity index (χ1v) is 7.92. The van der Waals surface area contributed by atoms with Crippen molar-refractivity contribution in [2.45, 2.75) is 13.0 Å². The minimum Gasteiger partial charge on any atom is -0.378 e. The van der Waals surface area contributed by atoms with Crippen LogP contribution in [0.1, 0.15) is 22.3 Å². The van der Waals surface area contributed by atoms with Crippen LogP contribution in [-0.2, 0) is 11.3 Å². The van der Waals surface area contributed by atoms with Gasteiger partial charge in [-0.2, -0.15) is 0 Å². The van der Waals surface area contributed by atoms with Crippen molar-refractivity contribution in [1.82, 2.24) is 10.6 Å². The maximum absolute atomic E-state index is 11.8. The van der Waals surface area contributed by atoms with Crippen LogP contribution >= 0.6 is 0 Å². The van der Waals surface area contributed by atoms with Crippen molar-refractivity contribution in [3.05, 3.63) is 65.7 Å². The van der Waals surface area contributed by atoms with Crippen molar-refractivity contribution in [3.8, 4) is 0 Å². The van der Waals surface area contributed by atoms with Crippen molar-refractivity contribution in [2.24, 2.45) is 0 Å². The third-order valence-corrected chi connectivity index (χ3v) is 3.62. The van der Waals surface area contributed by atoms with Gasteiger partial charge < -0.3 is 15.5 Å². The Morgan fingerprint density at radius 2 is 1.58 bits per heavy atom. The number of carbonyl (C=O) groups excluding carboxylic acids is 2. The van der Waals surface area contributed by atoms with Crippen LogP contribution in [0.3, 0.4) is 0 Å². The summed E-state index contributed by atoms with van der Waals surface area (Å²) in [4.78, 5) is 25.7. The zero-order chi connectivity index (χ0) is 17.4. The van der Waals surface area contributed by atoms with Crippen LogP contribution in [0.25, 0.3) is 0 Å². The molecule has 5 nitrogen and oxygen atoms in total. The fraction of sp³-hybridized carbons (Fsp3) is 0.263. The molecule has 0 spiro atoms. The molecule has 0 aliphatic heterocycles. The lowest BCUT2D eigenvalue weighted by Crippen LogP contribution is -2.30. The Bertz CT molecular complexity index is 667. The van der Waals surface area contributed by atoms with Gasteiger partial charge in [0.25, 0.3) is 5.91 Å². The maximum Gasteiger partial charge on any atom is 0.251 e. The quantitative estimate of drug-likeness (QED) is 0.820. The molecule has 2 amide bonds. The van der Waals surface area contributed by atoms with E-state index in [2.05, 4.69) is 10.6 Å². The van der Waals surface area contributed by atoms with E-state index < -0.39 is 0 Å². The Morgan fingerprint density at radius 1 is 0.917 bits per heavy atom. The Hall–Kier alpha value is -2.82. The van der Waals surface area contributed by atoms with E-state index in [1.165, 1.54) is 0 Å². The molecular formula is C19H23N3O2. The third-order valence-electron chi connectivity index (χ3n) is 3.62. The Kier molecular flexibility index (Phi) is 6.37. The molecule has 2 aromatic rings. The Balaban J connectivity index is 1.69. The summed E-state index contributed by atoms with van der Waals surface area (Å²) in [5.41, 5.74) is 2.76. The number of benzene rings is 2. The van der Waals surface area contributed by atoms with Gasteiger partial charge in [-0.1, -0.05) is 30.3 Å². The summed E-state index contributed by atoms with van der Waals surface area (Å²) in [6, 6.07) is 17.0. The molecule has 5 heteroatoms. The number of nitrogens with one attached hydrogen (secondary N) is 2. The number of hydrogen-bond acceptors (Lipinski definition) is 3. The summed E-state index contributed by atoms with van der Waals surface area (Å²) in [6.45, 7) is 0.804. The van der Waals surface area contributed by atoms with Crippen LogP contribution in [-0.4, -0.2) is 32.5 Å². The molecule has 126 valence electrons. The predicted molar refractivity (Wildman–Crippen MR) is 96.0 cm³/mol. The second-order valence-electron chi connectivity index (χ2n) is 5.71. The smallest absolute Gasteiger partial charge is 0.251 e. The Morgan fingerprint density at radius 3 is 2.21 bits per heavy atom. The summed E-state index contributed by atoms with van der Waals surface area (Å²) in [5, 5.41) is 5.60. The number of carbonyl (C=O) groups is 2. The van der Waals surface area contributed by atoms with Crippen molar-refractivity contribution in [2.75, 3.05) is 25.5 Å². The molecule has 24 heavy (non-hydrogen) atoms. The van der Waals surface area contributed by atoms with Crippen molar-refractivity contribution in [1.29, 1.82) is 0 Å². The van der Waals surface area contributed by atoms with Gasteiger partial charge in [0.05, 0.1) is 0 Å². The molecule has 0 aromatic heterocycles. The van der Waals surface area contributed by atoms with E-state index in [0.29, 0.717) is 18.7 Å². The van der Waals surface area contributed by atoms with Crippen LogP contribution in [0, 0.1) is 0 Å². The highest BCUT2D eigenvalue weighted by atomic mass is 16.2. The molecule has 2 aromatic carbocycles. The van der Waals surface area contributed by atoms with E-state index in [0.717, 1.165) is 11.3 Å². The molecule has 2 N–H and O–H groups in total. The topological polar surface area (TPSA) is 61.4 Å². The van der Waals surface area contributed by atoms with Crippen LogP contribution in [0.15, 0.2) is 54.6 Å². The van der Waals surface area contributed by atoms with Crippen LogP contribution in [0.5, 0.6) is 0 Å². The first-order chi connectivity index (χ1) is 11.6. The lowest BCUT2D eigenvalue weighted by Gasteiger charge is -2.13. The maximum atomic E-state index is 11.8. The molecule has 0 radical (unpaired) electrons. The van der Waals surface area contributed by atoms with E-state index in [4.69, 9.17) is 0 Å². The number of anilines is 1. The molecule has 0 atom stereocenters. The normalized spacial score (nSPS) is 10.1. The van der Waals surface area contributed by atoms with E-state index >= 15 is 0 Å². The van der Waals surface area contributed by atoms with Crippen LogP contribution < -0.4 is 15.5 Å². The minimum absolute atomic E-state index is 0.0833. The average molecular weight is 325 g/mol. The first-order valence-electron chi connectivity index (χ1n) is 7.92. The monoisotopic (exact) mass is 325 g/mol. The SMILES string of the molecule is CN(C)c1ccc(CNC(=O)CCNC(=O)c2ccccc2)cc1. The molecule has 0 heterocycles. The van der Waals surface area contributed by atoms with Gasteiger partial charge in [0.2, 0.25) is 5.91 Å². The molecule has 0 saturated carbocycles. The highest BCUT2D eigenvalue weighted by Crippen LogP contribution is 2.11. The average Bonchev–Trinajstić information content (AvgIpc) is 2.61. The molecule has 2 rings (SSSR count). The number of amides is 2. The summed E-state index contributed by atoms with van der Waals surface area (Å²) in [7, 11) is 3.97. The molecule has 0 aliphatic carbocycles. The van der Waals surface area contributed by atoms with E-state index in [9.17, 15) is 9.59 Å². The van der Waals surface area contributed by atoms with E-state index in [-0.39, 0.29) is 18.2 Å². The number of hydrogen-bond donors (Lipinski definition) is 2. The van der Waals surface area contributed by atoms with Crippen LogP contribution in [0.4, 0.5) is 5.69 Å². The van der Waals surface area contributed by atoms with Gasteiger partial charge in [0.15, 0.2) is 0 Å². The van der Waals surface area contributed by atoms with Gasteiger partial charge in [0, 0.05) is 44.9 Å². The Labute approximate surface area is 142 Å². The zero-order valence-corrected chi connectivity index (χ0v) is 14.1. The van der Waals surface area contributed by atoms with Gasteiger partial charge in [-0.15, -0.1) is 0 Å². The largest absolute Gasteiger partial charge is 0.378 e. The summed E-state index contributed by atoms with van der Waals surface area (Å²) in [6.07, 6.45) is 0.258. The minimum atomic E-state index is -0.164. The van der Waals surface area contributed by atoms with Gasteiger partial charge >= 0.3 is 0 Å². The molecule has 0 unspecified atom stereocenters. The molecule has 0 aliphatic rings. The molecule has 0 saturated heterocycles. The molecule has 0 fully saturated rings. The fourth-order valence-corrected chi connectivity index (χ4v) is 2.18. The van der Waals surface area contributed by atoms with Crippen LogP contribution in [0.2, 0.25) is 0 Å².